The number of carboxylic acids is 1. The Balaban J connectivity index is 2.44. The van der Waals surface area contributed by atoms with Crippen LogP contribution in [0.2, 0.25) is 0 Å². The first-order valence-electron chi connectivity index (χ1n) is 4.50. The quantitative estimate of drug-likeness (QED) is 0.554. The van der Waals surface area contributed by atoms with Crippen LogP contribution < -0.4 is 5.73 Å². The minimum Gasteiger partial charge on any atom is -0.480 e. The van der Waals surface area contributed by atoms with Gasteiger partial charge in [0, 0.05) is 18.3 Å². The van der Waals surface area contributed by atoms with Gasteiger partial charge in [0.2, 0.25) is 0 Å². The highest BCUT2D eigenvalue weighted by molar-refractivity contribution is 7.81. The van der Waals surface area contributed by atoms with Gasteiger partial charge in [-0.3, -0.25) is 9.69 Å². The fourth-order valence-electron chi connectivity index (χ4n) is 1.67. The van der Waals surface area contributed by atoms with Crippen molar-refractivity contribution in [2.24, 2.45) is 5.73 Å². The van der Waals surface area contributed by atoms with Crippen molar-refractivity contribution in [3.63, 3.8) is 0 Å². The lowest BCUT2D eigenvalue weighted by Gasteiger charge is -2.23. The summed E-state index contributed by atoms with van der Waals surface area (Å²) in [4.78, 5) is 12.7. The zero-order chi connectivity index (χ0) is 9.84. The summed E-state index contributed by atoms with van der Waals surface area (Å²) in [5.74, 6) is -0.727. The van der Waals surface area contributed by atoms with Crippen LogP contribution in [0.3, 0.4) is 0 Å². The summed E-state index contributed by atoms with van der Waals surface area (Å²) in [6.07, 6.45) is 1.71. The Morgan fingerprint density at radius 2 is 2.46 bits per heavy atom. The molecule has 0 amide bonds. The Hall–Kier alpha value is -0.260. The Labute approximate surface area is 83.5 Å². The fraction of sp³-hybridized carbons (Fsp3) is 0.875. The summed E-state index contributed by atoms with van der Waals surface area (Å²) in [6.45, 7) is 2.02. The fourth-order valence-corrected chi connectivity index (χ4v) is 1.88. The number of carbonyl (C=O) groups is 1. The van der Waals surface area contributed by atoms with Crippen LogP contribution in [0, 0.1) is 0 Å². The van der Waals surface area contributed by atoms with Crippen molar-refractivity contribution < 1.29 is 9.90 Å². The molecule has 76 valence electrons. The van der Waals surface area contributed by atoms with Crippen molar-refractivity contribution in [2.45, 2.75) is 24.1 Å². The first kappa shape index (κ1) is 10.8. The zero-order valence-corrected chi connectivity index (χ0v) is 8.41. The van der Waals surface area contributed by atoms with Gasteiger partial charge in [-0.1, -0.05) is 0 Å². The lowest BCUT2D eigenvalue weighted by molar-refractivity contribution is -0.142. The molecule has 0 aromatic heterocycles. The zero-order valence-electron chi connectivity index (χ0n) is 7.52. The summed E-state index contributed by atoms with van der Waals surface area (Å²) in [5, 5.41) is 8.95. The van der Waals surface area contributed by atoms with E-state index in [2.05, 4.69) is 12.6 Å². The maximum Gasteiger partial charge on any atom is 0.320 e. The standard InChI is InChI=1S/C8H16N2O2S/c9-4-6(13)5-10-3-1-2-7(10)8(11)12/h6-7,13H,1-5,9H2,(H,11,12). The maximum atomic E-state index is 10.8. The van der Waals surface area contributed by atoms with E-state index < -0.39 is 5.97 Å². The summed E-state index contributed by atoms with van der Waals surface area (Å²) in [7, 11) is 0. The van der Waals surface area contributed by atoms with Crippen molar-refractivity contribution in [2.75, 3.05) is 19.6 Å². The molecule has 1 heterocycles. The van der Waals surface area contributed by atoms with Crippen LogP contribution in [0.5, 0.6) is 0 Å². The lowest BCUT2D eigenvalue weighted by Crippen LogP contribution is -2.41. The summed E-state index contributed by atoms with van der Waals surface area (Å²) >= 11 is 4.25. The molecule has 4 nitrogen and oxygen atoms in total. The Bertz CT molecular complexity index is 189. The van der Waals surface area contributed by atoms with Crippen LogP contribution in [-0.4, -0.2) is 46.9 Å². The van der Waals surface area contributed by atoms with Crippen LogP contribution >= 0.6 is 12.6 Å². The minimum absolute atomic E-state index is 0.0833. The summed E-state index contributed by atoms with van der Waals surface area (Å²) < 4.78 is 0. The van der Waals surface area contributed by atoms with Gasteiger partial charge in [0.25, 0.3) is 0 Å². The molecule has 1 saturated heterocycles. The van der Waals surface area contributed by atoms with Crippen LogP contribution in [-0.2, 0) is 4.79 Å². The maximum absolute atomic E-state index is 10.8. The Morgan fingerprint density at radius 1 is 1.77 bits per heavy atom. The molecule has 0 radical (unpaired) electrons. The van der Waals surface area contributed by atoms with Crippen LogP contribution in [0.1, 0.15) is 12.8 Å². The van der Waals surface area contributed by atoms with Gasteiger partial charge in [0.15, 0.2) is 0 Å². The molecule has 0 aromatic carbocycles. The molecule has 0 aliphatic carbocycles. The number of aliphatic carboxylic acids is 1. The van der Waals surface area contributed by atoms with E-state index >= 15 is 0 Å². The second kappa shape index (κ2) is 4.83. The first-order valence-corrected chi connectivity index (χ1v) is 5.01. The van der Waals surface area contributed by atoms with E-state index in [1.54, 1.807) is 0 Å². The van der Waals surface area contributed by atoms with Crippen LogP contribution in [0.4, 0.5) is 0 Å². The van der Waals surface area contributed by atoms with E-state index in [1.165, 1.54) is 0 Å². The van der Waals surface area contributed by atoms with Gasteiger partial charge < -0.3 is 10.8 Å². The smallest absolute Gasteiger partial charge is 0.320 e. The molecule has 0 spiro atoms. The number of hydrogen-bond donors (Lipinski definition) is 3. The molecule has 1 aliphatic rings. The third-order valence-corrected chi connectivity index (χ3v) is 2.74. The highest BCUT2D eigenvalue weighted by atomic mass is 32.1. The number of thiol groups is 1. The lowest BCUT2D eigenvalue weighted by atomic mass is 10.2. The van der Waals surface area contributed by atoms with Crippen molar-refractivity contribution in [3.05, 3.63) is 0 Å². The van der Waals surface area contributed by atoms with Gasteiger partial charge in [0.1, 0.15) is 6.04 Å². The highest BCUT2D eigenvalue weighted by Crippen LogP contribution is 2.18. The minimum atomic E-state index is -0.727. The van der Waals surface area contributed by atoms with Crippen LogP contribution in [0.15, 0.2) is 0 Å². The van der Waals surface area contributed by atoms with E-state index in [1.807, 2.05) is 4.90 Å². The van der Waals surface area contributed by atoms with Crippen molar-refractivity contribution in [3.8, 4) is 0 Å². The summed E-state index contributed by atoms with van der Waals surface area (Å²) in [6, 6.07) is -0.318. The normalized spacial score (nSPS) is 26.2. The highest BCUT2D eigenvalue weighted by Gasteiger charge is 2.30. The van der Waals surface area contributed by atoms with Crippen LogP contribution in [0.25, 0.3) is 0 Å². The average Bonchev–Trinajstić information content (AvgIpc) is 2.52. The molecule has 0 aromatic rings. The molecule has 2 unspecified atom stereocenters. The van der Waals surface area contributed by atoms with Crippen molar-refractivity contribution >= 4 is 18.6 Å². The number of likely N-dealkylation sites (tertiary alicyclic amines) is 1. The third kappa shape index (κ3) is 2.86. The molecule has 13 heavy (non-hydrogen) atoms. The second-order valence-corrected chi connectivity index (χ2v) is 4.11. The second-order valence-electron chi connectivity index (χ2n) is 3.38. The van der Waals surface area contributed by atoms with Gasteiger partial charge >= 0.3 is 5.97 Å². The van der Waals surface area contributed by atoms with Crippen molar-refractivity contribution in [1.82, 2.24) is 4.90 Å². The molecule has 0 bridgehead atoms. The summed E-state index contributed by atoms with van der Waals surface area (Å²) in [5.41, 5.74) is 5.42. The Kier molecular flexibility index (Phi) is 4.02. The largest absolute Gasteiger partial charge is 0.480 e. The predicted molar refractivity (Wildman–Crippen MR) is 54.1 cm³/mol. The first-order chi connectivity index (χ1) is 6.15. The van der Waals surface area contributed by atoms with E-state index in [9.17, 15) is 4.79 Å². The molecular weight excluding hydrogens is 188 g/mol. The number of carboxylic acid groups (broad SMARTS) is 1. The molecule has 3 N–H and O–H groups in total. The SMILES string of the molecule is NCC(S)CN1CCCC1C(=O)O. The molecule has 1 fully saturated rings. The monoisotopic (exact) mass is 204 g/mol. The third-order valence-electron chi connectivity index (χ3n) is 2.37. The van der Waals surface area contributed by atoms with Gasteiger partial charge in [-0.2, -0.15) is 12.6 Å². The van der Waals surface area contributed by atoms with E-state index in [4.69, 9.17) is 10.8 Å². The van der Waals surface area contributed by atoms with Gasteiger partial charge in [-0.05, 0) is 19.4 Å². The number of nitrogens with two attached hydrogens (primary N) is 1. The van der Waals surface area contributed by atoms with Crippen molar-refractivity contribution in [1.29, 1.82) is 0 Å². The van der Waals surface area contributed by atoms with Gasteiger partial charge in [0.05, 0.1) is 0 Å². The van der Waals surface area contributed by atoms with E-state index in [0.717, 1.165) is 19.4 Å². The average molecular weight is 204 g/mol. The topological polar surface area (TPSA) is 66.6 Å². The van der Waals surface area contributed by atoms with E-state index in [-0.39, 0.29) is 11.3 Å². The van der Waals surface area contributed by atoms with E-state index in [0.29, 0.717) is 13.1 Å². The molecule has 0 saturated carbocycles. The molecule has 5 heteroatoms. The molecular formula is C8H16N2O2S. The predicted octanol–water partition coefficient (Wildman–Crippen LogP) is -0.208. The van der Waals surface area contributed by atoms with Gasteiger partial charge in [-0.25, -0.2) is 0 Å². The number of nitrogens with zero attached hydrogens (tertiary/aromatic N) is 1. The number of hydrogen-bond acceptors (Lipinski definition) is 4. The number of rotatable bonds is 4. The molecule has 1 aliphatic heterocycles. The van der Waals surface area contributed by atoms with Gasteiger partial charge in [-0.15, -0.1) is 0 Å². The molecule has 2 atom stereocenters. The Morgan fingerprint density at radius 3 is 3.00 bits per heavy atom. The molecule has 1 rings (SSSR count).